The SMILES string of the molecule is CC/C=C\C[C@@H](O)/C=C/C=C\C=C\[C@@H](O)C/C=C\C/C=C\CCC(=O)OC[C@H](COP(=O)(O)OCC[N+](C)(C)C)OC(=O)CCCCCCCCC/C=C\CCCCCC. The molecule has 344 valence electrons. The minimum absolute atomic E-state index is 0.00276. The van der Waals surface area contributed by atoms with Crippen LogP contribution in [-0.2, 0) is 32.7 Å². The molecule has 0 saturated heterocycles. The number of rotatable bonds is 39. The summed E-state index contributed by atoms with van der Waals surface area (Å²) >= 11 is 0. The Kier molecular flexibility index (Phi) is 37.1. The average molecular weight is 865 g/mol. The van der Waals surface area contributed by atoms with Gasteiger partial charge in [0, 0.05) is 12.8 Å². The summed E-state index contributed by atoms with van der Waals surface area (Å²) in [6.45, 7) is 3.99. The van der Waals surface area contributed by atoms with Crippen molar-refractivity contribution in [3.63, 3.8) is 0 Å². The number of phosphoric ester groups is 1. The third kappa shape index (κ3) is 41.8. The van der Waals surface area contributed by atoms with Crippen molar-refractivity contribution in [3.05, 3.63) is 85.1 Å². The number of unbranched alkanes of at least 4 members (excludes halogenated alkanes) is 11. The predicted molar refractivity (Wildman–Crippen MR) is 245 cm³/mol. The Morgan fingerprint density at radius 3 is 1.77 bits per heavy atom. The Labute approximate surface area is 364 Å². The van der Waals surface area contributed by atoms with E-state index in [0.717, 1.165) is 32.1 Å². The first kappa shape index (κ1) is 57.1. The van der Waals surface area contributed by atoms with Crippen LogP contribution < -0.4 is 0 Å². The van der Waals surface area contributed by atoms with E-state index >= 15 is 0 Å². The standard InChI is InChI=1S/C48H82NO10P/c1-6-8-10-11-12-13-14-15-16-17-18-19-20-25-33-39-48(53)59-46(43-58-60(54,55)57-41-40-49(3,4)5)42-56-47(52)38-32-24-22-21-23-29-35-45(51)37-31-27-26-30-36-44(50)34-28-9-7-2/h9,13-14,22-24,26-31,36-37,44-46,50-51H,6-8,10-12,15-21,25,32-35,38-43H2,1-5H3/p+1/b14-13-,24-22-,27-26-,28-9-,29-23-,36-30+,37-31+/t44-,45+,46-/m1/s1. The molecule has 11 nitrogen and oxygen atoms in total. The number of allylic oxidation sites excluding steroid dienone is 10. The number of esters is 2. The first-order chi connectivity index (χ1) is 28.8. The fraction of sp³-hybridized carbons (Fsp3) is 0.667. The minimum atomic E-state index is -4.42. The van der Waals surface area contributed by atoms with E-state index in [1.54, 1.807) is 36.5 Å². The van der Waals surface area contributed by atoms with E-state index in [0.29, 0.717) is 43.1 Å². The highest BCUT2D eigenvalue weighted by Gasteiger charge is 2.27. The lowest BCUT2D eigenvalue weighted by atomic mass is 10.1. The number of aliphatic hydroxyl groups is 2. The first-order valence-corrected chi connectivity index (χ1v) is 24.0. The quantitative estimate of drug-likeness (QED) is 0.0136. The average Bonchev–Trinajstić information content (AvgIpc) is 3.19. The third-order valence-corrected chi connectivity index (χ3v) is 10.1. The zero-order chi connectivity index (χ0) is 44.6. The number of ether oxygens (including phenoxy) is 2. The first-order valence-electron chi connectivity index (χ1n) is 22.5. The molecule has 0 aliphatic rings. The van der Waals surface area contributed by atoms with Crippen molar-refractivity contribution < 1.29 is 52.3 Å². The summed E-state index contributed by atoms with van der Waals surface area (Å²) in [6, 6.07) is 0. The van der Waals surface area contributed by atoms with Crippen LogP contribution in [0.4, 0.5) is 0 Å². The van der Waals surface area contributed by atoms with Crippen LogP contribution in [0.25, 0.3) is 0 Å². The molecule has 0 heterocycles. The molecular weight excluding hydrogens is 781 g/mol. The molecule has 4 atom stereocenters. The Morgan fingerprint density at radius 1 is 0.617 bits per heavy atom. The van der Waals surface area contributed by atoms with Crippen LogP contribution in [0.3, 0.4) is 0 Å². The number of likely N-dealkylation sites (N-methyl/N-ethyl adjacent to an activating group) is 1. The van der Waals surface area contributed by atoms with Crippen LogP contribution in [-0.4, -0.2) is 97.3 Å². The Balaban J connectivity index is 4.59. The lowest BCUT2D eigenvalue weighted by molar-refractivity contribution is -0.870. The molecule has 12 heteroatoms. The number of phosphoric acid groups is 1. The maximum Gasteiger partial charge on any atom is 0.472 e. The third-order valence-electron chi connectivity index (χ3n) is 9.09. The van der Waals surface area contributed by atoms with Crippen LogP contribution in [0.1, 0.15) is 142 Å². The van der Waals surface area contributed by atoms with E-state index in [2.05, 4.69) is 19.1 Å². The Morgan fingerprint density at radius 2 is 1.17 bits per heavy atom. The number of hydrogen-bond donors (Lipinski definition) is 3. The molecule has 60 heavy (non-hydrogen) atoms. The summed E-state index contributed by atoms with van der Waals surface area (Å²) in [7, 11) is 1.36. The minimum Gasteiger partial charge on any atom is -0.462 e. The smallest absolute Gasteiger partial charge is 0.462 e. The normalized spacial score (nSPS) is 15.4. The van der Waals surface area contributed by atoms with Gasteiger partial charge in [0.15, 0.2) is 6.10 Å². The maximum absolute atomic E-state index is 12.7. The van der Waals surface area contributed by atoms with Gasteiger partial charge in [0.2, 0.25) is 0 Å². The largest absolute Gasteiger partial charge is 0.472 e. The summed E-state index contributed by atoms with van der Waals surface area (Å²) in [6.07, 6.45) is 42.8. The number of carbonyl (C=O) groups excluding carboxylic acids is 2. The van der Waals surface area contributed by atoms with Crippen molar-refractivity contribution in [2.75, 3.05) is 47.5 Å². The molecule has 0 aliphatic carbocycles. The van der Waals surface area contributed by atoms with Crippen molar-refractivity contribution in [3.8, 4) is 0 Å². The molecule has 0 rings (SSSR count). The van der Waals surface area contributed by atoms with Crippen molar-refractivity contribution in [2.24, 2.45) is 0 Å². The second-order valence-corrected chi connectivity index (χ2v) is 17.6. The lowest BCUT2D eigenvalue weighted by Crippen LogP contribution is -2.37. The van der Waals surface area contributed by atoms with E-state index in [-0.39, 0.29) is 26.1 Å². The molecule has 0 saturated carbocycles. The molecule has 3 N–H and O–H groups in total. The molecule has 0 fully saturated rings. The van der Waals surface area contributed by atoms with Crippen molar-refractivity contribution in [1.82, 2.24) is 0 Å². The van der Waals surface area contributed by atoms with Gasteiger partial charge < -0.3 is 29.1 Å². The van der Waals surface area contributed by atoms with Gasteiger partial charge in [-0.3, -0.25) is 18.6 Å². The molecule has 0 aromatic rings. The topological polar surface area (TPSA) is 149 Å². The molecule has 0 aromatic carbocycles. The summed E-state index contributed by atoms with van der Waals surface area (Å²) < 4.78 is 34.1. The Hall–Kier alpha value is -2.89. The van der Waals surface area contributed by atoms with Gasteiger partial charge >= 0.3 is 19.8 Å². The molecule has 0 bridgehead atoms. The van der Waals surface area contributed by atoms with Crippen molar-refractivity contribution in [2.45, 2.75) is 161 Å². The zero-order valence-electron chi connectivity index (χ0n) is 37.9. The van der Waals surface area contributed by atoms with Crippen molar-refractivity contribution >= 4 is 19.8 Å². The Bertz CT molecular complexity index is 1330. The predicted octanol–water partition coefficient (Wildman–Crippen LogP) is 10.7. The molecule has 0 aromatic heterocycles. The van der Waals surface area contributed by atoms with Crippen LogP contribution >= 0.6 is 7.82 Å². The highest BCUT2D eigenvalue weighted by molar-refractivity contribution is 7.47. The number of hydrogen-bond acceptors (Lipinski definition) is 9. The van der Waals surface area contributed by atoms with Crippen LogP contribution in [0.2, 0.25) is 0 Å². The van der Waals surface area contributed by atoms with E-state index in [4.69, 9.17) is 18.5 Å². The second kappa shape index (κ2) is 39.0. The van der Waals surface area contributed by atoms with Gasteiger partial charge in [-0.05, 0) is 64.2 Å². The highest BCUT2D eigenvalue weighted by Crippen LogP contribution is 2.43. The van der Waals surface area contributed by atoms with Gasteiger partial charge in [-0.25, -0.2) is 4.57 Å². The molecule has 0 spiro atoms. The van der Waals surface area contributed by atoms with Crippen molar-refractivity contribution in [1.29, 1.82) is 0 Å². The molecule has 0 amide bonds. The monoisotopic (exact) mass is 865 g/mol. The van der Waals surface area contributed by atoms with Gasteiger partial charge in [-0.2, -0.15) is 0 Å². The van der Waals surface area contributed by atoms with E-state index in [9.17, 15) is 29.3 Å². The van der Waals surface area contributed by atoms with Gasteiger partial charge in [0.05, 0.1) is 40.0 Å². The van der Waals surface area contributed by atoms with Gasteiger partial charge in [0.25, 0.3) is 0 Å². The van der Waals surface area contributed by atoms with Crippen LogP contribution in [0.15, 0.2) is 85.1 Å². The van der Waals surface area contributed by atoms with E-state index < -0.39 is 44.7 Å². The fourth-order valence-corrected chi connectivity index (χ4v) is 6.24. The van der Waals surface area contributed by atoms with Gasteiger partial charge in [0.1, 0.15) is 19.8 Å². The molecule has 0 aliphatic heterocycles. The zero-order valence-corrected chi connectivity index (χ0v) is 38.8. The highest BCUT2D eigenvalue weighted by atomic mass is 31.2. The number of aliphatic hydroxyl groups excluding tert-OH is 2. The molecular formula is C48H83NO10P+. The molecule has 1 unspecified atom stereocenters. The van der Waals surface area contributed by atoms with Crippen LogP contribution in [0.5, 0.6) is 0 Å². The number of nitrogens with zero attached hydrogens (tertiary/aromatic N) is 1. The lowest BCUT2D eigenvalue weighted by Gasteiger charge is -2.24. The summed E-state index contributed by atoms with van der Waals surface area (Å²) in [5.74, 6) is -0.979. The molecule has 0 radical (unpaired) electrons. The van der Waals surface area contributed by atoms with Crippen LogP contribution in [0, 0.1) is 0 Å². The summed E-state index contributed by atoms with van der Waals surface area (Å²) in [4.78, 5) is 35.4. The van der Waals surface area contributed by atoms with Gasteiger partial charge in [-0.15, -0.1) is 0 Å². The summed E-state index contributed by atoms with van der Waals surface area (Å²) in [5, 5.41) is 20.0. The van der Waals surface area contributed by atoms with E-state index in [1.165, 1.54) is 51.4 Å². The number of carbonyl (C=O) groups is 2. The number of quaternary nitrogens is 1. The fourth-order valence-electron chi connectivity index (χ4n) is 5.50. The summed E-state index contributed by atoms with van der Waals surface area (Å²) in [5.41, 5.74) is 0. The second-order valence-electron chi connectivity index (χ2n) is 16.1. The maximum atomic E-state index is 12.7. The van der Waals surface area contributed by atoms with E-state index in [1.807, 2.05) is 64.5 Å². The van der Waals surface area contributed by atoms with Gasteiger partial charge in [-0.1, -0.05) is 150 Å².